The molecule has 66 valence electrons. The van der Waals surface area contributed by atoms with E-state index in [1.807, 2.05) is 25.1 Å². The molecule has 0 atom stereocenters. The van der Waals surface area contributed by atoms with Gasteiger partial charge in [-0.25, -0.2) is 0 Å². The first-order valence-electron chi connectivity index (χ1n) is 4.16. The van der Waals surface area contributed by atoms with Crippen molar-refractivity contribution in [1.29, 1.82) is 0 Å². The zero-order valence-corrected chi connectivity index (χ0v) is 7.83. The molecule has 0 aliphatic heterocycles. The van der Waals surface area contributed by atoms with E-state index in [4.69, 9.17) is 0 Å². The van der Waals surface area contributed by atoms with Gasteiger partial charge >= 0.3 is 0 Å². The molecule has 0 radical (unpaired) electrons. The Bertz CT molecular complexity index is 348. The van der Waals surface area contributed by atoms with Crippen LogP contribution in [0.15, 0.2) is 42.4 Å². The van der Waals surface area contributed by atoms with Gasteiger partial charge in [0.1, 0.15) is 0 Å². The third-order valence-corrected chi connectivity index (χ3v) is 1.72. The molecule has 0 amide bonds. The van der Waals surface area contributed by atoms with E-state index in [1.54, 1.807) is 12.3 Å². The predicted molar refractivity (Wildman–Crippen MR) is 59.6 cm³/mol. The monoisotopic (exact) mass is 171 g/mol. The Morgan fingerprint density at radius 3 is 2.69 bits per heavy atom. The maximum absolute atomic E-state index is 4.22. The van der Waals surface area contributed by atoms with Crippen LogP contribution in [0.1, 0.15) is 11.1 Å². The van der Waals surface area contributed by atoms with Crippen LogP contribution in [-0.2, 0) is 0 Å². The first-order valence-corrected chi connectivity index (χ1v) is 4.16. The molecular formula is C12H13N. The van der Waals surface area contributed by atoms with Crippen LogP contribution in [0.5, 0.6) is 0 Å². The average Bonchev–Trinajstić information content (AvgIpc) is 2.16. The van der Waals surface area contributed by atoms with Gasteiger partial charge in [-0.05, 0) is 24.6 Å². The summed E-state index contributed by atoms with van der Waals surface area (Å²) in [4.78, 5) is 4.22. The standard InChI is InChI=1S/C12H13N/c1-4-8-13-12-7-6-10(3)9-11(12)5-2/h4-9H,1-2H2,3H3/b13-8-. The van der Waals surface area contributed by atoms with Crippen molar-refractivity contribution < 1.29 is 0 Å². The molecule has 0 unspecified atom stereocenters. The van der Waals surface area contributed by atoms with E-state index in [0.29, 0.717) is 0 Å². The number of rotatable bonds is 3. The van der Waals surface area contributed by atoms with Crippen molar-refractivity contribution in [3.8, 4) is 0 Å². The fourth-order valence-corrected chi connectivity index (χ4v) is 1.09. The van der Waals surface area contributed by atoms with Gasteiger partial charge < -0.3 is 0 Å². The average molecular weight is 171 g/mol. The molecule has 0 heterocycles. The molecule has 0 bridgehead atoms. The lowest BCUT2D eigenvalue weighted by Crippen LogP contribution is -1.77. The smallest absolute Gasteiger partial charge is 0.0701 e. The first-order chi connectivity index (χ1) is 6.27. The van der Waals surface area contributed by atoms with Gasteiger partial charge in [0, 0.05) is 6.21 Å². The van der Waals surface area contributed by atoms with Crippen molar-refractivity contribution in [2.24, 2.45) is 4.99 Å². The number of hydrogen-bond acceptors (Lipinski definition) is 1. The van der Waals surface area contributed by atoms with Crippen LogP contribution < -0.4 is 0 Å². The third-order valence-electron chi connectivity index (χ3n) is 1.72. The second-order valence-corrected chi connectivity index (χ2v) is 2.78. The summed E-state index contributed by atoms with van der Waals surface area (Å²) >= 11 is 0. The minimum Gasteiger partial charge on any atom is -0.256 e. The fourth-order valence-electron chi connectivity index (χ4n) is 1.09. The van der Waals surface area contributed by atoms with Gasteiger partial charge in [-0.15, -0.1) is 0 Å². The van der Waals surface area contributed by atoms with Crippen molar-refractivity contribution in [1.82, 2.24) is 0 Å². The minimum atomic E-state index is 0.931. The topological polar surface area (TPSA) is 12.4 Å². The fraction of sp³-hybridized carbons (Fsp3) is 0.0833. The van der Waals surface area contributed by atoms with Gasteiger partial charge in [-0.2, -0.15) is 0 Å². The van der Waals surface area contributed by atoms with Crippen LogP contribution in [0.4, 0.5) is 5.69 Å². The Labute approximate surface area is 79.1 Å². The highest BCUT2D eigenvalue weighted by atomic mass is 14.7. The van der Waals surface area contributed by atoms with Crippen LogP contribution in [0.2, 0.25) is 0 Å². The molecule has 1 nitrogen and oxygen atoms in total. The Balaban J connectivity index is 3.12. The molecule has 1 rings (SSSR count). The van der Waals surface area contributed by atoms with Crippen LogP contribution in [0, 0.1) is 6.92 Å². The molecule has 0 saturated heterocycles. The van der Waals surface area contributed by atoms with Crippen LogP contribution >= 0.6 is 0 Å². The molecule has 1 aromatic rings. The maximum atomic E-state index is 4.22. The van der Waals surface area contributed by atoms with Crippen LogP contribution in [-0.4, -0.2) is 6.21 Å². The second kappa shape index (κ2) is 4.41. The van der Waals surface area contributed by atoms with Crippen LogP contribution in [0.25, 0.3) is 6.08 Å². The molecule has 0 aliphatic carbocycles. The third kappa shape index (κ3) is 2.41. The lowest BCUT2D eigenvalue weighted by molar-refractivity contribution is 1.42. The molecular weight excluding hydrogens is 158 g/mol. The molecule has 13 heavy (non-hydrogen) atoms. The molecule has 0 saturated carbocycles. The summed E-state index contributed by atoms with van der Waals surface area (Å²) in [6.45, 7) is 9.36. The van der Waals surface area contributed by atoms with Gasteiger partial charge in [0.2, 0.25) is 0 Å². The highest BCUT2D eigenvalue weighted by Gasteiger charge is 1.95. The van der Waals surface area contributed by atoms with E-state index in [9.17, 15) is 0 Å². The summed E-state index contributed by atoms with van der Waals surface area (Å²) in [7, 11) is 0. The van der Waals surface area contributed by atoms with Gasteiger partial charge in [0.25, 0.3) is 0 Å². The highest BCUT2D eigenvalue weighted by Crippen LogP contribution is 2.20. The van der Waals surface area contributed by atoms with Gasteiger partial charge in [-0.3, -0.25) is 4.99 Å². The Hall–Kier alpha value is -1.63. The summed E-state index contributed by atoms with van der Waals surface area (Å²) in [6.07, 6.45) is 5.15. The Kier molecular flexibility index (Phi) is 3.21. The van der Waals surface area contributed by atoms with E-state index < -0.39 is 0 Å². The zero-order valence-electron chi connectivity index (χ0n) is 7.83. The summed E-state index contributed by atoms with van der Waals surface area (Å²) in [5.74, 6) is 0. The number of allylic oxidation sites excluding steroid dienone is 1. The van der Waals surface area contributed by atoms with E-state index in [2.05, 4.69) is 24.2 Å². The summed E-state index contributed by atoms with van der Waals surface area (Å²) in [5, 5.41) is 0. The zero-order chi connectivity index (χ0) is 9.68. The van der Waals surface area contributed by atoms with E-state index >= 15 is 0 Å². The van der Waals surface area contributed by atoms with E-state index in [0.717, 1.165) is 11.3 Å². The van der Waals surface area contributed by atoms with Crippen molar-refractivity contribution in [3.05, 3.63) is 48.6 Å². The second-order valence-electron chi connectivity index (χ2n) is 2.78. The highest BCUT2D eigenvalue weighted by molar-refractivity contribution is 5.76. The van der Waals surface area contributed by atoms with Gasteiger partial charge in [-0.1, -0.05) is 36.9 Å². The van der Waals surface area contributed by atoms with Crippen molar-refractivity contribution >= 4 is 18.0 Å². The lowest BCUT2D eigenvalue weighted by Gasteiger charge is -2.00. The molecule has 1 aromatic carbocycles. The maximum Gasteiger partial charge on any atom is 0.0701 e. The quantitative estimate of drug-likeness (QED) is 0.617. The largest absolute Gasteiger partial charge is 0.256 e. The summed E-state index contributed by atoms with van der Waals surface area (Å²) < 4.78 is 0. The number of hydrogen-bond donors (Lipinski definition) is 0. The predicted octanol–water partition coefficient (Wildman–Crippen LogP) is 3.53. The molecule has 0 aromatic heterocycles. The molecule has 1 heteroatoms. The van der Waals surface area contributed by atoms with Crippen molar-refractivity contribution in [2.75, 3.05) is 0 Å². The minimum absolute atomic E-state index is 0.931. The van der Waals surface area contributed by atoms with Crippen molar-refractivity contribution in [2.45, 2.75) is 6.92 Å². The molecule has 0 N–H and O–H groups in total. The SMILES string of the molecule is C=C/C=N\c1ccc(C)cc1C=C. The summed E-state index contributed by atoms with van der Waals surface area (Å²) in [5.41, 5.74) is 3.20. The molecule has 0 fully saturated rings. The van der Waals surface area contributed by atoms with E-state index in [1.165, 1.54) is 5.56 Å². The van der Waals surface area contributed by atoms with E-state index in [-0.39, 0.29) is 0 Å². The lowest BCUT2D eigenvalue weighted by atomic mass is 10.1. The number of aryl methyl sites for hydroxylation is 1. The molecule has 0 aliphatic rings. The number of nitrogens with zero attached hydrogens (tertiary/aromatic N) is 1. The van der Waals surface area contributed by atoms with Gasteiger partial charge in [0.05, 0.1) is 5.69 Å². The Morgan fingerprint density at radius 2 is 2.08 bits per heavy atom. The van der Waals surface area contributed by atoms with Crippen LogP contribution in [0.3, 0.4) is 0 Å². The number of aliphatic imine (C=N–C) groups is 1. The molecule has 0 spiro atoms. The Morgan fingerprint density at radius 1 is 1.31 bits per heavy atom. The summed E-state index contributed by atoms with van der Waals surface area (Å²) in [6, 6.07) is 6.07. The number of benzene rings is 1. The van der Waals surface area contributed by atoms with Crippen molar-refractivity contribution in [3.63, 3.8) is 0 Å². The first kappa shape index (κ1) is 9.46. The van der Waals surface area contributed by atoms with Gasteiger partial charge in [0.15, 0.2) is 0 Å². The normalized spacial score (nSPS) is 10.2.